The number of anilines is 1. The van der Waals surface area contributed by atoms with Crippen molar-refractivity contribution < 1.29 is 14.7 Å². The van der Waals surface area contributed by atoms with Crippen LogP contribution in [-0.2, 0) is 10.2 Å². The minimum Gasteiger partial charge on any atom is -0.481 e. The average molecular weight is 358 g/mol. The first-order chi connectivity index (χ1) is 12.2. The molecule has 3 N–H and O–H groups in total. The monoisotopic (exact) mass is 358 g/mol. The van der Waals surface area contributed by atoms with E-state index in [1.54, 1.807) is 4.68 Å². The standard InChI is InChI=1S/C19H26N4O3/c1-13-7-5-8-14(11-13)23-16(12-15(22-23)19(2,3)4)21-18(26)20-10-6-9-17(24)25/h5,7-8,11-12H,6,9-10H2,1-4H3,(H,24,25)(H2,20,21,26). The van der Waals surface area contributed by atoms with E-state index in [4.69, 9.17) is 5.11 Å². The summed E-state index contributed by atoms with van der Waals surface area (Å²) >= 11 is 0. The smallest absolute Gasteiger partial charge is 0.320 e. The van der Waals surface area contributed by atoms with Crippen molar-refractivity contribution in [1.29, 1.82) is 0 Å². The molecule has 0 fully saturated rings. The Morgan fingerprint density at radius 3 is 2.58 bits per heavy atom. The maximum absolute atomic E-state index is 12.2. The van der Waals surface area contributed by atoms with E-state index in [1.165, 1.54) is 0 Å². The van der Waals surface area contributed by atoms with Crippen molar-refractivity contribution in [1.82, 2.24) is 15.1 Å². The number of aryl methyl sites for hydroxylation is 1. The van der Waals surface area contributed by atoms with E-state index in [0.717, 1.165) is 16.9 Å². The van der Waals surface area contributed by atoms with Crippen molar-refractivity contribution in [2.75, 3.05) is 11.9 Å². The van der Waals surface area contributed by atoms with Gasteiger partial charge in [-0.05, 0) is 31.0 Å². The second-order valence-electron chi connectivity index (χ2n) is 7.29. The summed E-state index contributed by atoms with van der Waals surface area (Å²) in [6.07, 6.45) is 0.406. The zero-order valence-corrected chi connectivity index (χ0v) is 15.7. The Morgan fingerprint density at radius 2 is 1.96 bits per heavy atom. The van der Waals surface area contributed by atoms with Gasteiger partial charge in [-0.1, -0.05) is 32.9 Å². The molecule has 0 aliphatic rings. The summed E-state index contributed by atoms with van der Waals surface area (Å²) in [5, 5.41) is 18.8. The van der Waals surface area contributed by atoms with Gasteiger partial charge in [-0.25, -0.2) is 9.48 Å². The lowest BCUT2D eigenvalue weighted by Crippen LogP contribution is -2.30. The quantitative estimate of drug-likeness (QED) is 0.689. The number of carboxylic acid groups (broad SMARTS) is 1. The van der Waals surface area contributed by atoms with Gasteiger partial charge in [0, 0.05) is 24.4 Å². The molecule has 0 unspecified atom stereocenters. The summed E-state index contributed by atoms with van der Waals surface area (Å²) in [5.74, 6) is -0.309. The SMILES string of the molecule is Cc1cccc(-n2nc(C(C)(C)C)cc2NC(=O)NCCCC(=O)O)c1. The van der Waals surface area contributed by atoms with Crippen molar-refractivity contribution in [3.05, 3.63) is 41.6 Å². The molecule has 2 amide bonds. The Labute approximate surface area is 153 Å². The van der Waals surface area contributed by atoms with Gasteiger partial charge >= 0.3 is 12.0 Å². The summed E-state index contributed by atoms with van der Waals surface area (Å²) in [5.41, 5.74) is 2.66. The van der Waals surface area contributed by atoms with Gasteiger partial charge in [0.05, 0.1) is 11.4 Å². The maximum Gasteiger partial charge on any atom is 0.320 e. The number of urea groups is 1. The number of rotatable bonds is 6. The summed E-state index contributed by atoms with van der Waals surface area (Å²) in [6, 6.07) is 9.35. The van der Waals surface area contributed by atoms with E-state index in [-0.39, 0.29) is 17.9 Å². The molecule has 7 nitrogen and oxygen atoms in total. The third-order valence-corrected chi connectivity index (χ3v) is 3.82. The van der Waals surface area contributed by atoms with Gasteiger partial charge < -0.3 is 10.4 Å². The number of carboxylic acids is 1. The molecule has 1 aromatic heterocycles. The molecule has 1 aromatic carbocycles. The maximum atomic E-state index is 12.2. The molecule has 2 rings (SSSR count). The molecule has 0 saturated carbocycles. The summed E-state index contributed by atoms with van der Waals surface area (Å²) < 4.78 is 1.71. The molecule has 26 heavy (non-hydrogen) atoms. The van der Waals surface area contributed by atoms with E-state index < -0.39 is 5.97 Å². The molecular formula is C19H26N4O3. The number of hydrogen-bond acceptors (Lipinski definition) is 3. The first-order valence-corrected chi connectivity index (χ1v) is 8.61. The zero-order chi connectivity index (χ0) is 19.3. The lowest BCUT2D eigenvalue weighted by atomic mass is 9.92. The van der Waals surface area contributed by atoms with Crippen LogP contribution in [0, 0.1) is 6.92 Å². The fraction of sp³-hybridized carbons (Fsp3) is 0.421. The van der Waals surface area contributed by atoms with Crippen molar-refractivity contribution in [3.8, 4) is 5.69 Å². The van der Waals surface area contributed by atoms with E-state index in [0.29, 0.717) is 18.8 Å². The van der Waals surface area contributed by atoms with Gasteiger partial charge in [0.2, 0.25) is 0 Å². The van der Waals surface area contributed by atoms with Gasteiger partial charge in [0.15, 0.2) is 0 Å². The number of aliphatic carboxylic acids is 1. The number of benzene rings is 1. The molecular weight excluding hydrogens is 332 g/mol. The van der Waals surface area contributed by atoms with Crippen LogP contribution in [-0.4, -0.2) is 33.4 Å². The second kappa shape index (κ2) is 8.03. The lowest BCUT2D eigenvalue weighted by Gasteiger charge is -2.14. The Balaban J connectivity index is 2.19. The Morgan fingerprint density at radius 1 is 1.23 bits per heavy atom. The van der Waals surface area contributed by atoms with Crippen LogP contribution >= 0.6 is 0 Å². The predicted octanol–water partition coefficient (Wildman–Crippen LogP) is 3.46. The Hall–Kier alpha value is -2.83. The molecule has 1 heterocycles. The van der Waals surface area contributed by atoms with Crippen LogP contribution in [0.3, 0.4) is 0 Å². The van der Waals surface area contributed by atoms with Crippen molar-refractivity contribution in [3.63, 3.8) is 0 Å². The number of nitrogens with zero attached hydrogens (tertiary/aromatic N) is 2. The topological polar surface area (TPSA) is 96.3 Å². The second-order valence-corrected chi connectivity index (χ2v) is 7.29. The molecule has 0 radical (unpaired) electrons. The van der Waals surface area contributed by atoms with Crippen LogP contribution in [0.25, 0.3) is 5.69 Å². The highest BCUT2D eigenvalue weighted by Crippen LogP contribution is 2.26. The number of carbonyl (C=O) groups is 2. The minimum atomic E-state index is -0.875. The van der Waals surface area contributed by atoms with Gasteiger partial charge in [-0.15, -0.1) is 0 Å². The van der Waals surface area contributed by atoms with E-state index in [9.17, 15) is 9.59 Å². The van der Waals surface area contributed by atoms with Crippen LogP contribution in [0.2, 0.25) is 0 Å². The zero-order valence-electron chi connectivity index (χ0n) is 15.7. The van der Waals surface area contributed by atoms with Gasteiger partial charge in [0.1, 0.15) is 5.82 Å². The number of aromatic nitrogens is 2. The van der Waals surface area contributed by atoms with E-state index >= 15 is 0 Å². The number of amides is 2. The molecule has 7 heteroatoms. The molecule has 0 aliphatic carbocycles. The highest BCUT2D eigenvalue weighted by atomic mass is 16.4. The highest BCUT2D eigenvalue weighted by Gasteiger charge is 2.21. The molecule has 0 bridgehead atoms. The first-order valence-electron chi connectivity index (χ1n) is 8.61. The Bertz CT molecular complexity index is 790. The molecule has 0 aliphatic heterocycles. The van der Waals surface area contributed by atoms with E-state index in [1.807, 2.05) is 37.3 Å². The molecule has 0 atom stereocenters. The van der Waals surface area contributed by atoms with Crippen molar-refractivity contribution in [2.24, 2.45) is 0 Å². The molecule has 0 spiro atoms. The number of carbonyl (C=O) groups excluding carboxylic acids is 1. The van der Waals surface area contributed by atoms with E-state index in [2.05, 4.69) is 36.5 Å². The summed E-state index contributed by atoms with van der Waals surface area (Å²) in [7, 11) is 0. The normalized spacial score (nSPS) is 11.2. The summed E-state index contributed by atoms with van der Waals surface area (Å²) in [4.78, 5) is 22.7. The van der Waals surface area contributed by atoms with Crippen LogP contribution in [0.15, 0.2) is 30.3 Å². The fourth-order valence-corrected chi connectivity index (χ4v) is 2.40. The van der Waals surface area contributed by atoms with Crippen LogP contribution in [0.5, 0.6) is 0 Å². The highest BCUT2D eigenvalue weighted by molar-refractivity contribution is 5.88. The largest absolute Gasteiger partial charge is 0.481 e. The van der Waals surface area contributed by atoms with Crippen LogP contribution < -0.4 is 10.6 Å². The van der Waals surface area contributed by atoms with Crippen molar-refractivity contribution >= 4 is 17.8 Å². The third kappa shape index (κ3) is 5.34. The molecule has 140 valence electrons. The van der Waals surface area contributed by atoms with Gasteiger partial charge in [-0.3, -0.25) is 10.1 Å². The summed E-state index contributed by atoms with van der Waals surface area (Å²) in [6.45, 7) is 8.48. The predicted molar refractivity (Wildman–Crippen MR) is 101 cm³/mol. The lowest BCUT2D eigenvalue weighted by molar-refractivity contribution is -0.137. The number of nitrogens with one attached hydrogen (secondary N) is 2. The third-order valence-electron chi connectivity index (χ3n) is 3.82. The minimum absolute atomic E-state index is 0.0235. The van der Waals surface area contributed by atoms with Crippen LogP contribution in [0.1, 0.15) is 44.9 Å². The van der Waals surface area contributed by atoms with Crippen LogP contribution in [0.4, 0.5) is 10.6 Å². The first kappa shape index (κ1) is 19.5. The van der Waals surface area contributed by atoms with Gasteiger partial charge in [0.25, 0.3) is 0 Å². The average Bonchev–Trinajstić information content (AvgIpc) is 2.95. The molecule has 2 aromatic rings. The number of hydrogen-bond donors (Lipinski definition) is 3. The van der Waals surface area contributed by atoms with Gasteiger partial charge in [-0.2, -0.15) is 5.10 Å². The molecule has 0 saturated heterocycles. The van der Waals surface area contributed by atoms with Crippen molar-refractivity contribution in [2.45, 2.75) is 46.0 Å². The Kier molecular flexibility index (Phi) is 6.02. The fourth-order valence-electron chi connectivity index (χ4n) is 2.40.